The fourth-order valence-electron chi connectivity index (χ4n) is 3.36. The molecule has 0 radical (unpaired) electrons. The third-order valence-electron chi connectivity index (χ3n) is 4.97. The van der Waals surface area contributed by atoms with Gasteiger partial charge in [-0.15, -0.1) is 0 Å². The zero-order valence-electron chi connectivity index (χ0n) is 18.1. The molecule has 0 aliphatic carbocycles. The number of aliphatic imine (C=N–C) groups is 1. The summed E-state index contributed by atoms with van der Waals surface area (Å²) in [7, 11) is 0. The fourth-order valence-corrected chi connectivity index (χ4v) is 3.36. The predicted molar refractivity (Wildman–Crippen MR) is 116 cm³/mol. The molecule has 156 valence electrons. The van der Waals surface area contributed by atoms with Crippen LogP contribution in [0.1, 0.15) is 46.6 Å². The second-order valence-corrected chi connectivity index (χ2v) is 8.61. The molecule has 0 saturated carbocycles. The van der Waals surface area contributed by atoms with E-state index in [-0.39, 0.29) is 11.3 Å². The Morgan fingerprint density at radius 1 is 1.21 bits per heavy atom. The van der Waals surface area contributed by atoms with Crippen molar-refractivity contribution < 1.29 is 4.79 Å². The van der Waals surface area contributed by atoms with Gasteiger partial charge in [0.2, 0.25) is 5.91 Å². The molecule has 1 aromatic carbocycles. The Balaban J connectivity index is 1.83. The molecule has 0 bridgehead atoms. The lowest BCUT2D eigenvalue weighted by molar-refractivity contribution is -0.128. The number of likely N-dealkylation sites (tertiary alicyclic amines) is 1. The van der Waals surface area contributed by atoms with Crippen LogP contribution in [-0.2, 0) is 11.3 Å². The van der Waals surface area contributed by atoms with Crippen LogP contribution in [0.5, 0.6) is 0 Å². The van der Waals surface area contributed by atoms with Crippen LogP contribution in [0.15, 0.2) is 35.3 Å². The smallest absolute Gasteiger partial charge is 0.225 e. The zero-order valence-corrected chi connectivity index (χ0v) is 18.1. The topological polar surface area (TPSA) is 68.8 Å². The van der Waals surface area contributed by atoms with Crippen LogP contribution in [-0.4, -0.2) is 55.0 Å². The minimum absolute atomic E-state index is 0.0573. The number of hydrogen-bond donors (Lipinski definition) is 3. The molecule has 1 aliphatic heterocycles. The van der Waals surface area contributed by atoms with Gasteiger partial charge in [-0.25, -0.2) is 0 Å². The van der Waals surface area contributed by atoms with E-state index in [4.69, 9.17) is 0 Å². The summed E-state index contributed by atoms with van der Waals surface area (Å²) in [5.74, 6) is 0.883. The molecule has 2 rings (SSSR count). The Labute approximate surface area is 170 Å². The van der Waals surface area contributed by atoms with Gasteiger partial charge in [0.05, 0.1) is 6.54 Å². The van der Waals surface area contributed by atoms with Gasteiger partial charge >= 0.3 is 0 Å². The first-order valence-corrected chi connectivity index (χ1v) is 10.4. The van der Waals surface area contributed by atoms with Crippen LogP contribution in [0.25, 0.3) is 0 Å². The average Bonchev–Trinajstić information content (AvgIpc) is 2.97. The Hall–Kier alpha value is -2.08. The lowest BCUT2D eigenvalue weighted by Crippen LogP contribution is -2.45. The Bertz CT molecular complexity index is 638. The minimum Gasteiger partial charge on any atom is -0.357 e. The van der Waals surface area contributed by atoms with Crippen molar-refractivity contribution in [1.82, 2.24) is 20.9 Å². The first-order valence-electron chi connectivity index (χ1n) is 10.4. The van der Waals surface area contributed by atoms with E-state index in [9.17, 15) is 4.79 Å². The van der Waals surface area contributed by atoms with Crippen molar-refractivity contribution in [2.45, 2.75) is 59.7 Å². The van der Waals surface area contributed by atoms with Gasteiger partial charge < -0.3 is 16.0 Å². The Morgan fingerprint density at radius 2 is 1.93 bits per heavy atom. The highest BCUT2D eigenvalue weighted by Gasteiger charge is 2.29. The van der Waals surface area contributed by atoms with E-state index in [1.54, 1.807) is 0 Å². The molecule has 0 aromatic heterocycles. The van der Waals surface area contributed by atoms with Gasteiger partial charge in [-0.1, -0.05) is 51.1 Å². The summed E-state index contributed by atoms with van der Waals surface area (Å²) in [6.07, 6.45) is 1.10. The molecule has 1 aromatic rings. The molecule has 1 amide bonds. The number of guanidine groups is 1. The maximum absolute atomic E-state index is 11.9. The van der Waals surface area contributed by atoms with E-state index < -0.39 is 0 Å². The number of amides is 1. The molecule has 3 N–H and O–H groups in total. The summed E-state index contributed by atoms with van der Waals surface area (Å²) < 4.78 is 0. The molecule has 28 heavy (non-hydrogen) atoms. The summed E-state index contributed by atoms with van der Waals surface area (Å²) in [5.41, 5.74) is 0.986. The van der Waals surface area contributed by atoms with Crippen molar-refractivity contribution in [3.63, 3.8) is 0 Å². The molecule has 6 heteroatoms. The van der Waals surface area contributed by atoms with Gasteiger partial charge in [0.1, 0.15) is 0 Å². The number of benzene rings is 1. The Kier molecular flexibility index (Phi) is 8.30. The molecular weight excluding hydrogens is 350 g/mol. The molecule has 1 aliphatic rings. The van der Waals surface area contributed by atoms with Gasteiger partial charge in [-0.05, 0) is 25.8 Å². The standard InChI is InChI=1S/C22H37N5O/c1-6-23-21(25-13-12-24-20(28)22(3,4)5)26-19-14-17(2)27(16-19)15-18-10-8-7-9-11-18/h7-11,17,19H,6,12-16H2,1-5H3,(H,24,28)(H2,23,25,26). The van der Waals surface area contributed by atoms with Crippen LogP contribution in [0, 0.1) is 5.41 Å². The van der Waals surface area contributed by atoms with Crippen molar-refractivity contribution in [2.24, 2.45) is 10.4 Å². The SMILES string of the molecule is CCNC(=NCCNC(=O)C(C)(C)C)NC1CC(C)N(Cc2ccccc2)C1. The van der Waals surface area contributed by atoms with E-state index in [0.29, 0.717) is 25.2 Å². The van der Waals surface area contributed by atoms with Crippen molar-refractivity contribution in [3.05, 3.63) is 35.9 Å². The minimum atomic E-state index is -0.366. The normalized spacial score (nSPS) is 20.8. The van der Waals surface area contributed by atoms with Gasteiger partial charge in [0.15, 0.2) is 5.96 Å². The first kappa shape index (κ1) is 22.2. The van der Waals surface area contributed by atoms with Crippen LogP contribution in [0.4, 0.5) is 0 Å². The second-order valence-electron chi connectivity index (χ2n) is 8.61. The molecule has 2 unspecified atom stereocenters. The molecule has 2 atom stereocenters. The molecule has 1 saturated heterocycles. The fraction of sp³-hybridized carbons (Fsp3) is 0.636. The number of nitrogens with zero attached hydrogens (tertiary/aromatic N) is 2. The van der Waals surface area contributed by atoms with Crippen LogP contribution < -0.4 is 16.0 Å². The number of nitrogens with one attached hydrogen (secondary N) is 3. The van der Waals surface area contributed by atoms with Crippen LogP contribution >= 0.6 is 0 Å². The maximum atomic E-state index is 11.9. The third-order valence-corrected chi connectivity index (χ3v) is 4.97. The highest BCUT2D eigenvalue weighted by molar-refractivity contribution is 5.81. The quantitative estimate of drug-likeness (QED) is 0.382. The van der Waals surface area contributed by atoms with E-state index in [2.05, 4.69) is 70.0 Å². The highest BCUT2D eigenvalue weighted by atomic mass is 16.2. The molecule has 1 heterocycles. The van der Waals surface area contributed by atoms with Crippen molar-refractivity contribution in [2.75, 3.05) is 26.2 Å². The van der Waals surface area contributed by atoms with Crippen LogP contribution in [0.3, 0.4) is 0 Å². The lowest BCUT2D eigenvalue weighted by Gasteiger charge is -2.21. The maximum Gasteiger partial charge on any atom is 0.225 e. The van der Waals surface area contributed by atoms with Gasteiger partial charge in [-0.2, -0.15) is 0 Å². The van der Waals surface area contributed by atoms with Crippen molar-refractivity contribution in [3.8, 4) is 0 Å². The van der Waals surface area contributed by atoms with Gasteiger partial charge in [0.25, 0.3) is 0 Å². The first-order chi connectivity index (χ1) is 13.3. The van der Waals surface area contributed by atoms with Crippen LogP contribution in [0.2, 0.25) is 0 Å². The molecule has 0 spiro atoms. The van der Waals surface area contributed by atoms with E-state index in [1.165, 1.54) is 5.56 Å². The number of hydrogen-bond acceptors (Lipinski definition) is 3. The summed E-state index contributed by atoms with van der Waals surface area (Å²) in [5, 5.41) is 9.83. The molecule has 6 nitrogen and oxygen atoms in total. The Morgan fingerprint density at radius 3 is 2.57 bits per heavy atom. The molecule has 1 fully saturated rings. The molecular formula is C22H37N5O. The largest absolute Gasteiger partial charge is 0.357 e. The highest BCUT2D eigenvalue weighted by Crippen LogP contribution is 2.20. The van der Waals surface area contributed by atoms with E-state index in [1.807, 2.05) is 20.8 Å². The number of rotatable bonds is 7. The summed E-state index contributed by atoms with van der Waals surface area (Å²) in [6, 6.07) is 11.5. The summed E-state index contributed by atoms with van der Waals surface area (Å²) in [6.45, 7) is 14.0. The monoisotopic (exact) mass is 387 g/mol. The third kappa shape index (κ3) is 7.15. The summed E-state index contributed by atoms with van der Waals surface area (Å²) >= 11 is 0. The predicted octanol–water partition coefficient (Wildman–Crippen LogP) is 2.37. The second kappa shape index (κ2) is 10.5. The summed E-state index contributed by atoms with van der Waals surface area (Å²) in [4.78, 5) is 19.1. The lowest BCUT2D eigenvalue weighted by atomic mass is 9.96. The van der Waals surface area contributed by atoms with Crippen molar-refractivity contribution in [1.29, 1.82) is 0 Å². The zero-order chi connectivity index (χ0) is 20.6. The van der Waals surface area contributed by atoms with Gasteiger partial charge in [0, 0.05) is 43.7 Å². The number of carbonyl (C=O) groups is 1. The van der Waals surface area contributed by atoms with Crippen molar-refractivity contribution >= 4 is 11.9 Å². The van der Waals surface area contributed by atoms with Gasteiger partial charge in [-0.3, -0.25) is 14.7 Å². The number of carbonyl (C=O) groups excluding carboxylic acids is 1. The van der Waals surface area contributed by atoms with E-state index >= 15 is 0 Å². The van der Waals surface area contributed by atoms with E-state index in [0.717, 1.165) is 32.0 Å². The average molecular weight is 388 g/mol.